The van der Waals surface area contributed by atoms with Crippen LogP contribution in [0.3, 0.4) is 0 Å². The van der Waals surface area contributed by atoms with E-state index in [1.807, 2.05) is 44.2 Å². The van der Waals surface area contributed by atoms with Gasteiger partial charge in [-0.25, -0.2) is 0 Å². The molecule has 7 heteroatoms. The van der Waals surface area contributed by atoms with E-state index in [0.717, 1.165) is 22.5 Å². The molecule has 0 saturated carbocycles. The molecule has 2 aromatic heterocycles. The summed E-state index contributed by atoms with van der Waals surface area (Å²) < 4.78 is 16.6. The molecule has 3 aromatic rings. The van der Waals surface area contributed by atoms with Gasteiger partial charge in [-0.15, -0.1) is 0 Å². The van der Waals surface area contributed by atoms with Crippen LogP contribution in [0.25, 0.3) is 11.1 Å². The van der Waals surface area contributed by atoms with Gasteiger partial charge in [0.1, 0.15) is 17.3 Å². The van der Waals surface area contributed by atoms with Crippen molar-refractivity contribution in [2.45, 2.75) is 20.3 Å². The van der Waals surface area contributed by atoms with Crippen LogP contribution in [0.2, 0.25) is 0 Å². The highest BCUT2D eigenvalue weighted by atomic mass is 16.5. The lowest BCUT2D eigenvalue weighted by Crippen LogP contribution is -2.40. The van der Waals surface area contributed by atoms with Gasteiger partial charge < -0.3 is 18.9 Å². The average Bonchev–Trinajstić information content (AvgIpc) is 3.05. The van der Waals surface area contributed by atoms with Gasteiger partial charge in [-0.3, -0.25) is 9.78 Å². The van der Waals surface area contributed by atoms with E-state index < -0.39 is 0 Å². The fraction of sp³-hybridized carbons (Fsp3) is 0.286. The minimum absolute atomic E-state index is 0.00257. The van der Waals surface area contributed by atoms with E-state index in [0.29, 0.717) is 35.9 Å². The van der Waals surface area contributed by atoms with Crippen molar-refractivity contribution in [3.63, 3.8) is 0 Å². The maximum Gasteiger partial charge on any atom is 0.265 e. The summed E-state index contributed by atoms with van der Waals surface area (Å²) in [7, 11) is 1.60. The molecule has 0 fully saturated rings. The predicted octanol–water partition coefficient (Wildman–Crippen LogP) is 3.33. The molecule has 1 aromatic carbocycles. The average molecular weight is 379 g/mol. The Kier molecular flexibility index (Phi) is 4.73. The number of hydrogen-bond acceptors (Lipinski definition) is 6. The molecule has 0 atom stereocenters. The summed E-state index contributed by atoms with van der Waals surface area (Å²) in [6, 6.07) is 9.50. The van der Waals surface area contributed by atoms with Crippen molar-refractivity contribution in [3.05, 3.63) is 53.7 Å². The number of pyridine rings is 1. The zero-order valence-corrected chi connectivity index (χ0v) is 16.1. The largest absolute Gasteiger partial charge is 0.496 e. The Hall–Kier alpha value is -3.35. The van der Waals surface area contributed by atoms with E-state index in [4.69, 9.17) is 14.0 Å². The summed E-state index contributed by atoms with van der Waals surface area (Å²) >= 11 is 0. The predicted molar refractivity (Wildman–Crippen MR) is 104 cm³/mol. The Balaban J connectivity index is 1.72. The van der Waals surface area contributed by atoms with Crippen molar-refractivity contribution in [2.24, 2.45) is 0 Å². The Morgan fingerprint density at radius 2 is 2.11 bits per heavy atom. The van der Waals surface area contributed by atoms with E-state index in [9.17, 15) is 4.79 Å². The van der Waals surface area contributed by atoms with Crippen molar-refractivity contribution in [1.82, 2.24) is 10.1 Å². The molecule has 4 rings (SSSR count). The highest BCUT2D eigenvalue weighted by Crippen LogP contribution is 2.43. The van der Waals surface area contributed by atoms with Crippen LogP contribution in [0, 0.1) is 13.8 Å². The second kappa shape index (κ2) is 7.34. The lowest BCUT2D eigenvalue weighted by atomic mass is 10.0. The first-order chi connectivity index (χ1) is 13.6. The topological polar surface area (TPSA) is 77.7 Å². The van der Waals surface area contributed by atoms with Gasteiger partial charge in [0.25, 0.3) is 5.91 Å². The van der Waals surface area contributed by atoms with E-state index in [1.54, 1.807) is 18.2 Å². The number of amides is 1. The summed E-state index contributed by atoms with van der Waals surface area (Å²) in [5.41, 5.74) is 4.11. The van der Waals surface area contributed by atoms with Gasteiger partial charge >= 0.3 is 0 Å². The minimum Gasteiger partial charge on any atom is -0.496 e. The molecule has 1 aliphatic rings. The molecule has 0 aliphatic carbocycles. The first kappa shape index (κ1) is 18.0. The number of methoxy groups -OCH3 is 1. The van der Waals surface area contributed by atoms with Crippen molar-refractivity contribution >= 4 is 11.6 Å². The lowest BCUT2D eigenvalue weighted by Gasteiger charge is -2.30. The van der Waals surface area contributed by atoms with Crippen molar-refractivity contribution < 1.29 is 18.8 Å². The second-order valence-electron chi connectivity index (χ2n) is 6.62. The summed E-state index contributed by atoms with van der Waals surface area (Å²) in [6.45, 7) is 4.26. The normalized spacial score (nSPS) is 13.2. The van der Waals surface area contributed by atoms with Crippen LogP contribution in [0.5, 0.6) is 11.5 Å². The molecule has 1 amide bonds. The number of benzene rings is 1. The van der Waals surface area contributed by atoms with Crippen molar-refractivity contribution in [3.8, 4) is 22.6 Å². The van der Waals surface area contributed by atoms with Crippen LogP contribution in [-0.2, 0) is 11.2 Å². The van der Waals surface area contributed by atoms with E-state index in [-0.39, 0.29) is 12.5 Å². The highest BCUT2D eigenvalue weighted by molar-refractivity contribution is 5.99. The summed E-state index contributed by atoms with van der Waals surface area (Å²) in [6.07, 6.45) is 2.41. The maximum atomic E-state index is 12.5. The monoisotopic (exact) mass is 379 g/mol. The number of fused-ring (bicyclic) bond motifs is 1. The molecule has 0 saturated heterocycles. The highest BCUT2D eigenvalue weighted by Gasteiger charge is 2.28. The SMILES string of the molecule is COc1cc2c(cc1-c1c(C)noc1C)OCC(=O)N2CCc1ccccn1. The van der Waals surface area contributed by atoms with Gasteiger partial charge in [0.05, 0.1) is 24.1 Å². The van der Waals surface area contributed by atoms with Gasteiger partial charge in [-0.05, 0) is 32.0 Å². The maximum absolute atomic E-state index is 12.5. The Labute approximate surface area is 162 Å². The molecule has 0 bridgehead atoms. The van der Waals surface area contributed by atoms with Gasteiger partial charge in [-0.1, -0.05) is 11.2 Å². The molecule has 3 heterocycles. The molecule has 0 radical (unpaired) electrons. The number of carbonyl (C=O) groups is 1. The Morgan fingerprint density at radius 1 is 1.25 bits per heavy atom. The number of carbonyl (C=O) groups excluding carboxylic acids is 1. The van der Waals surface area contributed by atoms with Crippen LogP contribution in [-0.4, -0.2) is 36.3 Å². The minimum atomic E-state index is -0.0874. The summed E-state index contributed by atoms with van der Waals surface area (Å²) in [4.78, 5) is 18.6. The summed E-state index contributed by atoms with van der Waals surface area (Å²) in [5.74, 6) is 1.89. The smallest absolute Gasteiger partial charge is 0.265 e. The number of anilines is 1. The third-order valence-electron chi connectivity index (χ3n) is 4.84. The fourth-order valence-electron chi connectivity index (χ4n) is 3.48. The quantitative estimate of drug-likeness (QED) is 0.677. The number of nitrogens with zero attached hydrogens (tertiary/aromatic N) is 3. The first-order valence-electron chi connectivity index (χ1n) is 9.07. The number of hydrogen-bond donors (Lipinski definition) is 0. The molecular weight excluding hydrogens is 358 g/mol. The third-order valence-corrected chi connectivity index (χ3v) is 4.84. The number of ether oxygens (including phenoxy) is 2. The van der Waals surface area contributed by atoms with Crippen LogP contribution in [0.4, 0.5) is 5.69 Å². The van der Waals surface area contributed by atoms with Gasteiger partial charge in [-0.2, -0.15) is 0 Å². The number of aryl methyl sites for hydroxylation is 2. The first-order valence-corrected chi connectivity index (χ1v) is 9.07. The zero-order valence-electron chi connectivity index (χ0n) is 16.1. The van der Waals surface area contributed by atoms with E-state index >= 15 is 0 Å². The van der Waals surface area contributed by atoms with Gasteiger partial charge in [0, 0.05) is 36.5 Å². The molecule has 1 aliphatic heterocycles. The summed E-state index contributed by atoms with van der Waals surface area (Å²) in [5, 5.41) is 4.03. The molecule has 7 nitrogen and oxygen atoms in total. The molecule has 28 heavy (non-hydrogen) atoms. The van der Waals surface area contributed by atoms with E-state index in [1.165, 1.54) is 0 Å². The molecule has 0 unspecified atom stereocenters. The fourth-order valence-corrected chi connectivity index (χ4v) is 3.48. The van der Waals surface area contributed by atoms with Gasteiger partial charge in [0.2, 0.25) is 0 Å². The Morgan fingerprint density at radius 3 is 2.79 bits per heavy atom. The third kappa shape index (κ3) is 3.19. The molecule has 0 spiro atoms. The van der Waals surface area contributed by atoms with Crippen LogP contribution in [0.15, 0.2) is 41.1 Å². The second-order valence-corrected chi connectivity index (χ2v) is 6.62. The van der Waals surface area contributed by atoms with Crippen LogP contribution >= 0.6 is 0 Å². The van der Waals surface area contributed by atoms with E-state index in [2.05, 4.69) is 10.1 Å². The zero-order chi connectivity index (χ0) is 19.7. The van der Waals surface area contributed by atoms with Crippen LogP contribution in [0.1, 0.15) is 17.1 Å². The van der Waals surface area contributed by atoms with Crippen LogP contribution < -0.4 is 14.4 Å². The molecule has 0 N–H and O–H groups in total. The van der Waals surface area contributed by atoms with Gasteiger partial charge in [0.15, 0.2) is 6.61 Å². The number of aromatic nitrogens is 2. The molecular formula is C21H21N3O4. The Bertz CT molecular complexity index is 994. The standard InChI is InChI=1S/C21H21N3O4/c1-13-21(14(2)28-23-13)16-10-19-17(11-18(16)26-3)24(20(25)12-27-19)9-7-15-6-4-5-8-22-15/h4-6,8,10-11H,7,9,12H2,1-3H3. The van der Waals surface area contributed by atoms with Crippen molar-refractivity contribution in [1.29, 1.82) is 0 Å². The molecule has 144 valence electrons. The number of rotatable bonds is 5. The van der Waals surface area contributed by atoms with Crippen molar-refractivity contribution in [2.75, 3.05) is 25.2 Å². The lowest BCUT2D eigenvalue weighted by molar-refractivity contribution is -0.121.